The highest BCUT2D eigenvalue weighted by atomic mass is 31.2. The number of unbranched alkanes of at least 4 members (excludes halogenated alkanes) is 15. The van der Waals surface area contributed by atoms with Gasteiger partial charge in [-0.3, -0.25) is 18.6 Å². The molecular weight excluding hydrogens is 811 g/mol. The van der Waals surface area contributed by atoms with Crippen LogP contribution in [0.4, 0.5) is 0 Å². The molecule has 1 rings (SSSR count). The van der Waals surface area contributed by atoms with Crippen molar-refractivity contribution in [3.05, 3.63) is 48.6 Å². The van der Waals surface area contributed by atoms with E-state index in [1.807, 2.05) is 6.08 Å². The summed E-state index contributed by atoms with van der Waals surface area (Å²) in [5.74, 6) is -1.34. The second-order valence-corrected chi connectivity index (χ2v) is 17.4. The van der Waals surface area contributed by atoms with Crippen LogP contribution in [-0.2, 0) is 32.7 Å². The molecule has 354 valence electrons. The van der Waals surface area contributed by atoms with Crippen LogP contribution in [0.1, 0.15) is 155 Å². The quantitative estimate of drug-likeness (QED) is 0.0113. The maximum absolute atomic E-state index is 12.8. The number of carbonyl (C=O) groups excluding carboxylic acids is 2. The first kappa shape index (κ1) is 56.7. The van der Waals surface area contributed by atoms with E-state index in [9.17, 15) is 54.8 Å². The van der Waals surface area contributed by atoms with Crippen LogP contribution in [0.5, 0.6) is 0 Å². The SMILES string of the molecule is CCCCC/C=C/CC(O)/C=C/C=C/C=C/C(O)CCCC(=O)OC(COC(=O)CCCCCCCCCCCCCCC)COP(=O)(O)OC1C(O)C(O)C(O)C(O)C1O. The topological polar surface area (TPSA) is 250 Å². The largest absolute Gasteiger partial charge is 0.472 e. The molecule has 8 unspecified atom stereocenters. The molecule has 0 bridgehead atoms. The van der Waals surface area contributed by atoms with E-state index >= 15 is 0 Å². The molecule has 0 spiro atoms. The lowest BCUT2D eigenvalue weighted by Crippen LogP contribution is -2.64. The van der Waals surface area contributed by atoms with Gasteiger partial charge < -0.3 is 50.1 Å². The van der Waals surface area contributed by atoms with Gasteiger partial charge in [0.25, 0.3) is 0 Å². The van der Waals surface area contributed by atoms with Gasteiger partial charge in [-0.15, -0.1) is 0 Å². The van der Waals surface area contributed by atoms with Crippen LogP contribution in [0.25, 0.3) is 0 Å². The molecule has 8 N–H and O–H groups in total. The van der Waals surface area contributed by atoms with E-state index in [-0.39, 0.29) is 25.7 Å². The molecule has 8 atom stereocenters. The average molecular weight is 891 g/mol. The van der Waals surface area contributed by atoms with Crippen molar-refractivity contribution in [3.8, 4) is 0 Å². The van der Waals surface area contributed by atoms with Gasteiger partial charge in [0, 0.05) is 12.8 Å². The number of ether oxygens (including phenoxy) is 2. The minimum atomic E-state index is -5.19. The second kappa shape index (κ2) is 35.1. The third kappa shape index (κ3) is 28.2. The van der Waals surface area contributed by atoms with Crippen LogP contribution >= 0.6 is 7.82 Å². The Labute approximate surface area is 364 Å². The summed E-state index contributed by atoms with van der Waals surface area (Å²) in [5, 5.41) is 70.5. The summed E-state index contributed by atoms with van der Waals surface area (Å²) in [6, 6.07) is 0. The van der Waals surface area contributed by atoms with Gasteiger partial charge in [-0.05, 0) is 38.5 Å². The zero-order valence-corrected chi connectivity index (χ0v) is 37.6. The molecule has 0 amide bonds. The highest BCUT2D eigenvalue weighted by Gasteiger charge is 2.51. The number of carbonyl (C=O) groups is 2. The number of phosphoric acid groups is 1. The molecule has 0 aromatic rings. The fourth-order valence-corrected chi connectivity index (χ4v) is 7.57. The normalized spacial score (nSPS) is 23.5. The molecule has 1 fully saturated rings. The summed E-state index contributed by atoms with van der Waals surface area (Å²) in [6.45, 7) is 3.02. The van der Waals surface area contributed by atoms with Crippen molar-refractivity contribution in [2.45, 2.75) is 210 Å². The minimum Gasteiger partial charge on any atom is -0.462 e. The molecule has 0 heterocycles. The Morgan fingerprint density at radius 1 is 0.590 bits per heavy atom. The fraction of sp³-hybridized carbons (Fsp3) is 0.778. The number of esters is 2. The highest BCUT2D eigenvalue weighted by Crippen LogP contribution is 2.47. The molecule has 61 heavy (non-hydrogen) atoms. The first-order chi connectivity index (χ1) is 29.2. The standard InChI is InChI=1S/C45H79O15P/c1-3-5-7-9-11-12-13-14-15-16-17-19-25-31-38(48)57-33-37(34-58-61(55,56)60-45-43(53)41(51)40(50)42(52)44(45)54)59-39(49)32-26-30-36(47)29-24-21-20-23-28-35(46)27-22-18-10-8-6-4-2/h18,20-24,28-29,35-37,40-47,50-54H,3-17,19,25-27,30-34H2,1-2H3,(H,55,56)/b21-20+,22-18+,28-23+,29-24+. The summed E-state index contributed by atoms with van der Waals surface area (Å²) in [6.07, 6.45) is 19.2. The fourth-order valence-electron chi connectivity index (χ4n) is 6.60. The Morgan fingerprint density at radius 2 is 1.08 bits per heavy atom. The van der Waals surface area contributed by atoms with Crippen LogP contribution in [0, 0.1) is 0 Å². The van der Waals surface area contributed by atoms with E-state index in [1.165, 1.54) is 70.3 Å². The van der Waals surface area contributed by atoms with Gasteiger partial charge in [0.15, 0.2) is 6.10 Å². The van der Waals surface area contributed by atoms with E-state index in [4.69, 9.17) is 18.5 Å². The zero-order chi connectivity index (χ0) is 45.3. The number of allylic oxidation sites excluding steroid dienone is 5. The number of hydrogen-bond donors (Lipinski definition) is 8. The summed E-state index contributed by atoms with van der Waals surface area (Å²) in [7, 11) is -5.19. The lowest BCUT2D eigenvalue weighted by Gasteiger charge is -2.41. The maximum atomic E-state index is 12.8. The first-order valence-corrected chi connectivity index (χ1v) is 24.2. The molecule has 0 aromatic carbocycles. The molecule has 1 saturated carbocycles. The third-order valence-corrected chi connectivity index (χ3v) is 11.3. The Morgan fingerprint density at radius 3 is 1.66 bits per heavy atom. The number of aliphatic hydroxyl groups is 7. The molecule has 1 aliphatic carbocycles. The lowest BCUT2D eigenvalue weighted by molar-refractivity contribution is -0.220. The summed E-state index contributed by atoms with van der Waals surface area (Å²) >= 11 is 0. The Hall–Kier alpha value is -2.27. The van der Waals surface area contributed by atoms with E-state index in [2.05, 4.69) is 19.9 Å². The Kier molecular flexibility index (Phi) is 32.7. The van der Waals surface area contributed by atoms with Crippen molar-refractivity contribution in [1.82, 2.24) is 0 Å². The monoisotopic (exact) mass is 891 g/mol. The summed E-state index contributed by atoms with van der Waals surface area (Å²) in [5.41, 5.74) is 0. The van der Waals surface area contributed by atoms with E-state index in [1.54, 1.807) is 30.4 Å². The minimum absolute atomic E-state index is 0.116. The Balaban J connectivity index is 2.61. The predicted octanol–water partition coefficient (Wildman–Crippen LogP) is 6.33. The van der Waals surface area contributed by atoms with Crippen molar-refractivity contribution in [1.29, 1.82) is 0 Å². The zero-order valence-electron chi connectivity index (χ0n) is 36.7. The van der Waals surface area contributed by atoms with Crippen LogP contribution in [0.15, 0.2) is 48.6 Å². The van der Waals surface area contributed by atoms with Gasteiger partial charge in [0.05, 0.1) is 18.8 Å². The lowest BCUT2D eigenvalue weighted by atomic mass is 9.85. The van der Waals surface area contributed by atoms with Crippen molar-refractivity contribution < 1.29 is 73.3 Å². The van der Waals surface area contributed by atoms with Crippen LogP contribution in [-0.4, -0.2) is 121 Å². The summed E-state index contributed by atoms with van der Waals surface area (Å²) < 4.78 is 33.3. The third-order valence-electron chi connectivity index (χ3n) is 10.4. The molecular formula is C45H79O15P. The number of rotatable bonds is 36. The van der Waals surface area contributed by atoms with E-state index in [0.29, 0.717) is 12.8 Å². The second-order valence-electron chi connectivity index (χ2n) is 16.0. The number of phosphoric ester groups is 1. The molecule has 0 saturated heterocycles. The first-order valence-electron chi connectivity index (χ1n) is 22.7. The number of hydrogen-bond acceptors (Lipinski definition) is 14. The molecule has 0 radical (unpaired) electrons. The average Bonchev–Trinajstić information content (AvgIpc) is 3.23. The van der Waals surface area contributed by atoms with Crippen LogP contribution in [0.3, 0.4) is 0 Å². The van der Waals surface area contributed by atoms with Gasteiger partial charge >= 0.3 is 19.8 Å². The van der Waals surface area contributed by atoms with Crippen molar-refractivity contribution in [2.24, 2.45) is 0 Å². The molecule has 16 heteroatoms. The molecule has 1 aliphatic rings. The highest BCUT2D eigenvalue weighted by molar-refractivity contribution is 7.47. The molecule has 0 aromatic heterocycles. The predicted molar refractivity (Wildman–Crippen MR) is 233 cm³/mol. The van der Waals surface area contributed by atoms with Gasteiger partial charge in [-0.25, -0.2) is 4.57 Å². The van der Waals surface area contributed by atoms with Gasteiger partial charge in [-0.1, -0.05) is 152 Å². The van der Waals surface area contributed by atoms with Crippen molar-refractivity contribution in [3.63, 3.8) is 0 Å². The number of aliphatic hydroxyl groups excluding tert-OH is 7. The van der Waals surface area contributed by atoms with E-state index in [0.717, 1.165) is 38.5 Å². The molecule has 0 aliphatic heterocycles. The summed E-state index contributed by atoms with van der Waals surface area (Å²) in [4.78, 5) is 35.7. The van der Waals surface area contributed by atoms with Gasteiger partial charge in [-0.2, -0.15) is 0 Å². The van der Waals surface area contributed by atoms with Crippen LogP contribution < -0.4 is 0 Å². The molecule has 15 nitrogen and oxygen atoms in total. The Bertz CT molecular complexity index is 1290. The smallest absolute Gasteiger partial charge is 0.462 e. The van der Waals surface area contributed by atoms with Crippen molar-refractivity contribution in [2.75, 3.05) is 13.2 Å². The van der Waals surface area contributed by atoms with Gasteiger partial charge in [0.2, 0.25) is 0 Å². The van der Waals surface area contributed by atoms with Gasteiger partial charge in [0.1, 0.15) is 43.2 Å². The van der Waals surface area contributed by atoms with Crippen LogP contribution in [0.2, 0.25) is 0 Å². The maximum Gasteiger partial charge on any atom is 0.472 e. The van der Waals surface area contributed by atoms with E-state index < -0.39 is 87.9 Å². The van der Waals surface area contributed by atoms with Crippen molar-refractivity contribution >= 4 is 19.8 Å².